The van der Waals surface area contributed by atoms with E-state index in [1.54, 1.807) is 19.7 Å². The van der Waals surface area contributed by atoms with E-state index in [0.29, 0.717) is 30.3 Å². The molecule has 0 bridgehead atoms. The first kappa shape index (κ1) is 25.0. The van der Waals surface area contributed by atoms with Crippen LogP contribution < -0.4 is 25.0 Å². The lowest BCUT2D eigenvalue weighted by Gasteiger charge is -2.18. The number of hydrogen-bond acceptors (Lipinski definition) is 8. The number of carbonyl (C=O) groups is 1. The number of hydroxylamine groups is 1. The molecule has 0 spiro atoms. The van der Waals surface area contributed by atoms with Crippen LogP contribution in [0.3, 0.4) is 0 Å². The molecule has 1 heterocycles. The van der Waals surface area contributed by atoms with E-state index in [-0.39, 0.29) is 11.9 Å². The smallest absolute Gasteiger partial charge is 0.243 e. The Bertz CT molecular complexity index is 1070. The lowest BCUT2D eigenvalue weighted by molar-refractivity contribution is -0.129. The van der Waals surface area contributed by atoms with Gasteiger partial charge in [-0.25, -0.2) is 15.4 Å². The van der Waals surface area contributed by atoms with Gasteiger partial charge in [0, 0.05) is 23.9 Å². The van der Waals surface area contributed by atoms with Crippen molar-refractivity contribution in [2.75, 3.05) is 26.1 Å². The number of fused-ring (bicyclic) bond motifs is 1. The van der Waals surface area contributed by atoms with Gasteiger partial charge in [0.2, 0.25) is 5.91 Å². The molecule has 182 valence electrons. The number of anilines is 1. The van der Waals surface area contributed by atoms with Crippen molar-refractivity contribution in [2.24, 2.45) is 0 Å². The predicted molar refractivity (Wildman–Crippen MR) is 130 cm³/mol. The van der Waals surface area contributed by atoms with E-state index in [2.05, 4.69) is 22.2 Å². The molecule has 3 N–H and O–H groups in total. The van der Waals surface area contributed by atoms with Gasteiger partial charge in [0.05, 0.1) is 26.3 Å². The van der Waals surface area contributed by atoms with Crippen LogP contribution in [0.4, 0.5) is 5.82 Å². The van der Waals surface area contributed by atoms with Gasteiger partial charge in [0.25, 0.3) is 0 Å². The number of aromatic nitrogens is 2. The highest BCUT2D eigenvalue weighted by molar-refractivity contribution is 5.91. The summed E-state index contributed by atoms with van der Waals surface area (Å²) < 4.78 is 16.8. The van der Waals surface area contributed by atoms with Crippen molar-refractivity contribution in [3.8, 4) is 17.2 Å². The van der Waals surface area contributed by atoms with Gasteiger partial charge >= 0.3 is 0 Å². The fourth-order valence-electron chi connectivity index (χ4n) is 3.61. The van der Waals surface area contributed by atoms with Gasteiger partial charge in [0.1, 0.15) is 17.9 Å². The van der Waals surface area contributed by atoms with Crippen molar-refractivity contribution in [3.63, 3.8) is 0 Å². The second-order valence-corrected chi connectivity index (χ2v) is 7.93. The summed E-state index contributed by atoms with van der Waals surface area (Å²) >= 11 is 0. The van der Waals surface area contributed by atoms with E-state index in [9.17, 15) is 4.79 Å². The topological polar surface area (TPSA) is 115 Å². The van der Waals surface area contributed by atoms with Crippen LogP contribution in [0.5, 0.6) is 17.2 Å². The monoisotopic (exact) mass is 468 g/mol. The highest BCUT2D eigenvalue weighted by atomic mass is 16.5. The molecule has 0 saturated heterocycles. The molecule has 1 atom stereocenters. The Kier molecular flexibility index (Phi) is 9.28. The van der Waals surface area contributed by atoms with Crippen LogP contribution in [0.2, 0.25) is 0 Å². The van der Waals surface area contributed by atoms with Gasteiger partial charge in [-0.1, -0.05) is 25.0 Å². The van der Waals surface area contributed by atoms with E-state index < -0.39 is 0 Å². The Morgan fingerprint density at radius 1 is 1.00 bits per heavy atom. The summed E-state index contributed by atoms with van der Waals surface area (Å²) in [5.74, 6) is 2.41. The van der Waals surface area contributed by atoms with Crippen LogP contribution in [0.1, 0.15) is 50.6 Å². The van der Waals surface area contributed by atoms with Crippen LogP contribution in [0, 0.1) is 0 Å². The molecule has 3 rings (SSSR count). The van der Waals surface area contributed by atoms with Crippen molar-refractivity contribution in [2.45, 2.75) is 45.1 Å². The number of nitrogens with one attached hydrogen (secondary N) is 2. The summed E-state index contributed by atoms with van der Waals surface area (Å²) in [6.45, 7) is 2.59. The first-order valence-electron chi connectivity index (χ1n) is 11.3. The highest BCUT2D eigenvalue weighted by Gasteiger charge is 2.14. The number of rotatable bonds is 13. The molecule has 9 heteroatoms. The normalized spacial score (nSPS) is 11.6. The Hall–Kier alpha value is -3.59. The average Bonchev–Trinajstić information content (AvgIpc) is 2.87. The van der Waals surface area contributed by atoms with Crippen molar-refractivity contribution in [3.05, 3.63) is 48.3 Å². The first-order chi connectivity index (χ1) is 16.5. The van der Waals surface area contributed by atoms with Crippen LogP contribution in [-0.2, 0) is 4.79 Å². The number of methoxy groups -OCH3 is 2. The van der Waals surface area contributed by atoms with Crippen LogP contribution in [0.15, 0.2) is 42.7 Å². The fraction of sp³-hybridized carbons (Fsp3) is 0.400. The highest BCUT2D eigenvalue weighted by Crippen LogP contribution is 2.35. The van der Waals surface area contributed by atoms with Crippen molar-refractivity contribution < 1.29 is 24.2 Å². The second-order valence-electron chi connectivity index (χ2n) is 7.93. The summed E-state index contributed by atoms with van der Waals surface area (Å²) in [6.07, 6.45) is 5.22. The van der Waals surface area contributed by atoms with Gasteiger partial charge in [-0.2, -0.15) is 0 Å². The minimum Gasteiger partial charge on any atom is -0.497 e. The average molecular weight is 469 g/mol. The van der Waals surface area contributed by atoms with Crippen molar-refractivity contribution >= 4 is 22.6 Å². The van der Waals surface area contributed by atoms with E-state index in [1.165, 1.54) is 6.33 Å². The molecule has 0 radical (unpaired) electrons. The molecule has 0 aliphatic heterocycles. The molecular weight excluding hydrogens is 436 g/mol. The molecule has 2 aromatic carbocycles. The van der Waals surface area contributed by atoms with E-state index in [4.69, 9.17) is 19.4 Å². The predicted octanol–water partition coefficient (Wildman–Crippen LogP) is 4.65. The lowest BCUT2D eigenvalue weighted by atomic mass is 10.1. The summed E-state index contributed by atoms with van der Waals surface area (Å²) in [5.41, 5.74) is 3.51. The Labute approximate surface area is 199 Å². The number of amides is 1. The molecule has 0 aliphatic rings. The second kappa shape index (κ2) is 12.6. The molecule has 1 aromatic heterocycles. The molecule has 1 amide bonds. The first-order valence-corrected chi connectivity index (χ1v) is 11.3. The molecule has 3 aromatic rings. The van der Waals surface area contributed by atoms with Gasteiger partial charge in [0.15, 0.2) is 11.5 Å². The summed E-state index contributed by atoms with van der Waals surface area (Å²) in [6, 6.07) is 11.7. The summed E-state index contributed by atoms with van der Waals surface area (Å²) in [7, 11) is 3.25. The maximum atomic E-state index is 11.0. The third-order valence-corrected chi connectivity index (χ3v) is 5.57. The zero-order chi connectivity index (χ0) is 24.3. The Morgan fingerprint density at radius 2 is 1.76 bits per heavy atom. The zero-order valence-electron chi connectivity index (χ0n) is 19.8. The molecule has 34 heavy (non-hydrogen) atoms. The quantitative estimate of drug-likeness (QED) is 0.189. The molecule has 9 nitrogen and oxygen atoms in total. The summed E-state index contributed by atoms with van der Waals surface area (Å²) in [4.78, 5) is 19.9. The minimum atomic E-state index is -0.356. The zero-order valence-corrected chi connectivity index (χ0v) is 19.8. The van der Waals surface area contributed by atoms with Crippen LogP contribution >= 0.6 is 0 Å². The van der Waals surface area contributed by atoms with E-state index in [0.717, 1.165) is 47.9 Å². The van der Waals surface area contributed by atoms with Crippen molar-refractivity contribution in [1.29, 1.82) is 0 Å². The number of hydrogen-bond donors (Lipinski definition) is 3. The van der Waals surface area contributed by atoms with Gasteiger partial charge in [-0.3, -0.25) is 10.0 Å². The third kappa shape index (κ3) is 6.71. The number of ether oxygens (including phenoxy) is 3. The van der Waals surface area contributed by atoms with Gasteiger partial charge in [-0.15, -0.1) is 0 Å². The fourth-order valence-corrected chi connectivity index (χ4v) is 3.61. The third-order valence-electron chi connectivity index (χ3n) is 5.57. The number of unbranched alkanes of at least 4 members (excludes halogenated alkanes) is 3. The molecule has 0 fully saturated rings. The number of benzene rings is 2. The molecule has 0 saturated carbocycles. The lowest BCUT2D eigenvalue weighted by Crippen LogP contribution is -2.17. The minimum absolute atomic E-state index is 0.0170. The van der Waals surface area contributed by atoms with Gasteiger partial charge in [-0.05, 0) is 43.5 Å². The maximum absolute atomic E-state index is 11.0. The van der Waals surface area contributed by atoms with E-state index in [1.807, 2.05) is 36.4 Å². The number of carbonyl (C=O) groups excluding carboxylic acids is 1. The van der Waals surface area contributed by atoms with Crippen LogP contribution in [-0.4, -0.2) is 41.9 Å². The van der Waals surface area contributed by atoms with Gasteiger partial charge < -0.3 is 19.5 Å². The summed E-state index contributed by atoms with van der Waals surface area (Å²) in [5, 5.41) is 12.8. The SMILES string of the molecule is COc1ccc(C(C)Nc2ncnc3cc(OC)c(OCCCCCCC(=O)NO)cc23)cc1. The van der Waals surface area contributed by atoms with Crippen LogP contribution in [0.25, 0.3) is 10.9 Å². The molecular formula is C25H32N4O5. The Morgan fingerprint density at radius 3 is 2.47 bits per heavy atom. The largest absolute Gasteiger partial charge is 0.497 e. The van der Waals surface area contributed by atoms with Crippen molar-refractivity contribution in [1.82, 2.24) is 15.4 Å². The van der Waals surface area contributed by atoms with E-state index >= 15 is 0 Å². The maximum Gasteiger partial charge on any atom is 0.243 e. The molecule has 1 unspecified atom stereocenters. The standard InChI is InChI=1S/C25H32N4O5/c1-17(18-9-11-19(32-2)12-10-18)28-25-20-14-23(22(33-3)15-21(20)26-16-27-25)34-13-7-5-4-6-8-24(30)29-31/h9-12,14-17,31H,4-8,13H2,1-3H3,(H,29,30)(H,26,27,28). The molecule has 0 aliphatic carbocycles. The number of nitrogens with zero attached hydrogens (tertiary/aromatic N) is 2. The Balaban J connectivity index is 1.67.